The average Bonchev–Trinajstić information content (AvgIpc) is 2.31. The number of hydrogen-bond acceptors (Lipinski definition) is 3. The van der Waals surface area contributed by atoms with Gasteiger partial charge in [-0.05, 0) is 42.8 Å². The Morgan fingerprint density at radius 3 is 2.14 bits per heavy atom. The van der Waals surface area contributed by atoms with E-state index >= 15 is 0 Å². The molecule has 0 spiro atoms. The van der Waals surface area contributed by atoms with Crippen LogP contribution in [-0.4, -0.2) is 8.42 Å². The van der Waals surface area contributed by atoms with E-state index < -0.39 is 10.0 Å². The van der Waals surface area contributed by atoms with E-state index in [0.29, 0.717) is 21.3 Å². The third-order valence-corrected chi connectivity index (χ3v) is 5.01. The molecule has 0 aliphatic rings. The van der Waals surface area contributed by atoms with E-state index in [1.54, 1.807) is 6.92 Å². The van der Waals surface area contributed by atoms with Gasteiger partial charge >= 0.3 is 0 Å². The minimum atomic E-state index is -3.90. The van der Waals surface area contributed by atoms with Crippen LogP contribution in [0.25, 0.3) is 0 Å². The van der Waals surface area contributed by atoms with Crippen molar-refractivity contribution in [1.82, 2.24) is 0 Å². The topological polar surface area (TPSA) is 72.2 Å². The summed E-state index contributed by atoms with van der Waals surface area (Å²) < 4.78 is 27.1. The molecule has 0 aromatic heterocycles. The number of aryl methyl sites for hydroxylation is 1. The minimum absolute atomic E-state index is 0.0855. The Kier molecular flexibility index (Phi) is 4.58. The second-order valence-electron chi connectivity index (χ2n) is 4.40. The Morgan fingerprint density at radius 2 is 1.57 bits per heavy atom. The summed E-state index contributed by atoms with van der Waals surface area (Å²) in [4.78, 5) is -0.108. The van der Waals surface area contributed by atoms with E-state index in [1.807, 2.05) is 0 Å². The van der Waals surface area contributed by atoms with Crippen LogP contribution >= 0.6 is 34.8 Å². The van der Waals surface area contributed by atoms with E-state index in [2.05, 4.69) is 4.72 Å². The normalized spacial score (nSPS) is 11.4. The lowest BCUT2D eigenvalue weighted by molar-refractivity contribution is 0.601. The predicted molar refractivity (Wildman–Crippen MR) is 87.9 cm³/mol. The second kappa shape index (κ2) is 5.93. The number of anilines is 2. The van der Waals surface area contributed by atoms with Gasteiger partial charge in [-0.15, -0.1) is 0 Å². The number of nitrogen functional groups attached to an aromatic ring is 1. The van der Waals surface area contributed by atoms with Gasteiger partial charge in [0.15, 0.2) is 0 Å². The van der Waals surface area contributed by atoms with Crippen molar-refractivity contribution >= 4 is 56.2 Å². The van der Waals surface area contributed by atoms with E-state index in [9.17, 15) is 8.42 Å². The van der Waals surface area contributed by atoms with Gasteiger partial charge in [0.1, 0.15) is 4.90 Å². The molecule has 0 saturated carbocycles. The Balaban J connectivity index is 2.45. The van der Waals surface area contributed by atoms with Gasteiger partial charge in [-0.2, -0.15) is 0 Å². The molecule has 0 saturated heterocycles. The number of hydrogen-bond donors (Lipinski definition) is 2. The fourth-order valence-electron chi connectivity index (χ4n) is 1.70. The van der Waals surface area contributed by atoms with E-state index in [-0.39, 0.29) is 15.6 Å². The van der Waals surface area contributed by atoms with Crippen LogP contribution in [0.1, 0.15) is 5.56 Å². The van der Waals surface area contributed by atoms with Gasteiger partial charge in [0.2, 0.25) is 0 Å². The first kappa shape index (κ1) is 16.2. The Morgan fingerprint density at radius 1 is 1.00 bits per heavy atom. The predicted octanol–water partition coefficient (Wildman–Crippen LogP) is 4.34. The van der Waals surface area contributed by atoms with E-state index in [1.165, 1.54) is 30.3 Å². The van der Waals surface area contributed by atoms with E-state index in [0.717, 1.165) is 0 Å². The molecular weight excluding hydrogens is 355 g/mol. The molecule has 2 aromatic carbocycles. The monoisotopic (exact) mass is 364 g/mol. The molecule has 0 aliphatic carbocycles. The molecule has 0 amide bonds. The highest BCUT2D eigenvalue weighted by molar-refractivity contribution is 7.92. The number of benzene rings is 2. The zero-order chi connectivity index (χ0) is 15.8. The summed E-state index contributed by atoms with van der Waals surface area (Å²) in [5.41, 5.74) is 7.01. The van der Waals surface area contributed by atoms with Crippen molar-refractivity contribution in [3.8, 4) is 0 Å². The Labute approximate surface area is 137 Å². The van der Waals surface area contributed by atoms with Crippen molar-refractivity contribution in [3.63, 3.8) is 0 Å². The van der Waals surface area contributed by atoms with Crippen LogP contribution in [0.4, 0.5) is 11.4 Å². The van der Waals surface area contributed by atoms with Crippen molar-refractivity contribution < 1.29 is 8.42 Å². The fourth-order valence-corrected chi connectivity index (χ4v) is 3.88. The summed E-state index contributed by atoms with van der Waals surface area (Å²) >= 11 is 17.7. The van der Waals surface area contributed by atoms with Crippen LogP contribution in [0.5, 0.6) is 0 Å². The summed E-state index contributed by atoms with van der Waals surface area (Å²) in [6.07, 6.45) is 0. The van der Waals surface area contributed by atoms with Crippen molar-refractivity contribution in [2.45, 2.75) is 11.8 Å². The van der Waals surface area contributed by atoms with Crippen molar-refractivity contribution in [1.29, 1.82) is 0 Å². The third-order valence-electron chi connectivity index (χ3n) is 2.72. The number of sulfonamides is 1. The molecule has 0 radical (unpaired) electrons. The first-order chi connectivity index (χ1) is 9.69. The second-order valence-corrected chi connectivity index (χ2v) is 7.33. The van der Waals surface area contributed by atoms with Crippen LogP contribution in [0.15, 0.2) is 35.2 Å². The van der Waals surface area contributed by atoms with Gasteiger partial charge in [-0.3, -0.25) is 4.72 Å². The standard InChI is InChI=1S/C13H11Cl3N2O2S/c1-7-2-11(16)13(6-12(7)17)21(19,20)18-10-4-8(14)3-9(15)5-10/h2-6,18H,17H2,1H3. The van der Waals surface area contributed by atoms with Gasteiger partial charge in [0.05, 0.1) is 10.7 Å². The highest BCUT2D eigenvalue weighted by Gasteiger charge is 2.19. The van der Waals surface area contributed by atoms with Crippen LogP contribution in [0.3, 0.4) is 0 Å². The largest absolute Gasteiger partial charge is 0.398 e. The maximum atomic E-state index is 12.4. The third kappa shape index (κ3) is 3.74. The molecule has 112 valence electrons. The van der Waals surface area contributed by atoms with Crippen molar-refractivity contribution in [2.75, 3.05) is 10.5 Å². The summed E-state index contributed by atoms with van der Waals surface area (Å²) in [7, 11) is -3.90. The van der Waals surface area contributed by atoms with Crippen LogP contribution < -0.4 is 10.5 Å². The van der Waals surface area contributed by atoms with E-state index in [4.69, 9.17) is 40.5 Å². The first-order valence-electron chi connectivity index (χ1n) is 5.73. The summed E-state index contributed by atoms with van der Waals surface area (Å²) in [6.45, 7) is 1.74. The highest BCUT2D eigenvalue weighted by atomic mass is 35.5. The minimum Gasteiger partial charge on any atom is -0.398 e. The zero-order valence-electron chi connectivity index (χ0n) is 10.8. The van der Waals surface area contributed by atoms with Gasteiger partial charge in [-0.25, -0.2) is 8.42 Å². The maximum absolute atomic E-state index is 12.4. The van der Waals surface area contributed by atoms with Gasteiger partial charge in [-0.1, -0.05) is 34.8 Å². The summed E-state index contributed by atoms with van der Waals surface area (Å²) in [5.74, 6) is 0. The molecule has 2 rings (SSSR count). The number of halogens is 3. The molecule has 3 N–H and O–H groups in total. The zero-order valence-corrected chi connectivity index (χ0v) is 13.9. The SMILES string of the molecule is Cc1cc(Cl)c(S(=O)(=O)Nc2cc(Cl)cc(Cl)c2)cc1N. The van der Waals surface area contributed by atoms with Gasteiger partial charge in [0, 0.05) is 15.7 Å². The molecule has 0 atom stereocenters. The van der Waals surface area contributed by atoms with Crippen LogP contribution in [0.2, 0.25) is 15.1 Å². The van der Waals surface area contributed by atoms with Crippen molar-refractivity contribution in [2.24, 2.45) is 0 Å². The lowest BCUT2D eigenvalue weighted by atomic mass is 10.2. The summed E-state index contributed by atoms with van der Waals surface area (Å²) in [5, 5.41) is 0.715. The highest BCUT2D eigenvalue weighted by Crippen LogP contribution is 2.30. The Bertz CT molecular complexity index is 787. The molecule has 0 unspecified atom stereocenters. The molecule has 8 heteroatoms. The molecular formula is C13H11Cl3N2O2S. The molecule has 21 heavy (non-hydrogen) atoms. The molecule has 0 heterocycles. The first-order valence-corrected chi connectivity index (χ1v) is 8.35. The quantitative estimate of drug-likeness (QED) is 0.795. The Hall–Kier alpha value is -1.14. The molecule has 0 bridgehead atoms. The molecule has 0 aliphatic heterocycles. The lowest BCUT2D eigenvalue weighted by Gasteiger charge is -2.12. The van der Waals surface area contributed by atoms with Crippen molar-refractivity contribution in [3.05, 3.63) is 51.0 Å². The fraction of sp³-hybridized carbons (Fsp3) is 0.0769. The van der Waals surface area contributed by atoms with Crippen LogP contribution in [-0.2, 0) is 10.0 Å². The lowest BCUT2D eigenvalue weighted by Crippen LogP contribution is -2.14. The number of rotatable bonds is 3. The maximum Gasteiger partial charge on any atom is 0.263 e. The average molecular weight is 366 g/mol. The summed E-state index contributed by atoms with van der Waals surface area (Å²) in [6, 6.07) is 7.19. The smallest absolute Gasteiger partial charge is 0.263 e. The van der Waals surface area contributed by atoms with Gasteiger partial charge < -0.3 is 5.73 Å². The number of nitrogens with one attached hydrogen (secondary N) is 1. The van der Waals surface area contributed by atoms with Gasteiger partial charge in [0.25, 0.3) is 10.0 Å². The molecule has 4 nitrogen and oxygen atoms in total. The molecule has 0 fully saturated rings. The number of nitrogens with two attached hydrogens (primary N) is 1. The molecule has 2 aromatic rings. The van der Waals surface area contributed by atoms with Crippen LogP contribution in [0, 0.1) is 6.92 Å².